The number of halogens is 1. The molecule has 2 aromatic carbocycles. The number of rotatable bonds is 2. The van der Waals surface area contributed by atoms with E-state index < -0.39 is 5.79 Å². The molecule has 0 bridgehead atoms. The maximum Gasteiger partial charge on any atom is 0.273 e. The van der Waals surface area contributed by atoms with Crippen LogP contribution in [-0.4, -0.2) is 16.7 Å². The number of H-pyrrole nitrogens is 1. The van der Waals surface area contributed by atoms with Crippen LogP contribution in [0.5, 0.6) is 11.5 Å². The van der Waals surface area contributed by atoms with Crippen LogP contribution in [0.25, 0.3) is 10.9 Å². The van der Waals surface area contributed by atoms with Crippen LogP contribution in [0.1, 0.15) is 36.2 Å². The van der Waals surface area contributed by atoms with Crippen LogP contribution in [0.15, 0.2) is 42.5 Å². The summed E-state index contributed by atoms with van der Waals surface area (Å²) in [5.74, 6) is 0.604. The van der Waals surface area contributed by atoms with Crippen LogP contribution in [-0.2, 0) is 0 Å². The fourth-order valence-electron chi connectivity index (χ4n) is 3.75. The monoisotopic (exact) mass is 368 g/mol. The molecule has 1 spiro atoms. The molecule has 2 heterocycles. The largest absolute Gasteiger partial charge is 0.448 e. The molecule has 6 heteroatoms. The third-order valence-electron chi connectivity index (χ3n) is 5.03. The zero-order chi connectivity index (χ0) is 17.7. The highest BCUT2D eigenvalue weighted by molar-refractivity contribution is 6.39. The first-order valence-corrected chi connectivity index (χ1v) is 9.11. The number of nitrogens with one attached hydrogen (secondary N) is 2. The van der Waals surface area contributed by atoms with Gasteiger partial charge in [0, 0.05) is 35.5 Å². The van der Waals surface area contributed by atoms with Crippen molar-refractivity contribution in [2.75, 3.05) is 5.32 Å². The van der Waals surface area contributed by atoms with E-state index in [1.165, 1.54) is 0 Å². The second kappa shape index (κ2) is 5.68. The molecule has 132 valence electrons. The highest BCUT2D eigenvalue weighted by atomic mass is 35.5. The molecule has 1 aromatic heterocycles. The number of carbonyl (C=O) groups excluding carboxylic acids is 1. The van der Waals surface area contributed by atoms with Gasteiger partial charge >= 0.3 is 0 Å². The molecule has 0 atom stereocenters. The average molecular weight is 369 g/mol. The zero-order valence-corrected chi connectivity index (χ0v) is 14.7. The summed E-state index contributed by atoms with van der Waals surface area (Å²) in [6, 6.07) is 13.0. The van der Waals surface area contributed by atoms with Gasteiger partial charge in [0.25, 0.3) is 11.7 Å². The normalized spacial score (nSPS) is 17.1. The summed E-state index contributed by atoms with van der Waals surface area (Å²) in [5.41, 5.74) is 1.82. The SMILES string of the molecule is O=C(Nc1ccc2c(c1)OC1(CCCC1)O2)c1[nH]c2ccccc2c1Cl. The quantitative estimate of drug-likeness (QED) is 0.660. The standard InChI is InChI=1S/C20H17ClN2O3/c21-17-13-5-1-2-6-14(13)23-18(17)19(24)22-12-7-8-15-16(11-12)26-20(25-15)9-3-4-10-20/h1-2,5-8,11,23H,3-4,9-10H2,(H,22,24). The lowest BCUT2D eigenvalue weighted by Gasteiger charge is -2.21. The molecule has 1 fully saturated rings. The third kappa shape index (κ3) is 2.42. The Morgan fingerprint density at radius 3 is 2.65 bits per heavy atom. The molecular weight excluding hydrogens is 352 g/mol. The Kier molecular flexibility index (Phi) is 3.40. The van der Waals surface area contributed by atoms with Crippen LogP contribution < -0.4 is 14.8 Å². The first-order valence-electron chi connectivity index (χ1n) is 8.73. The molecule has 5 rings (SSSR count). The molecule has 2 aliphatic rings. The first-order chi connectivity index (χ1) is 12.6. The van der Waals surface area contributed by atoms with Gasteiger partial charge in [-0.1, -0.05) is 29.8 Å². The number of fused-ring (bicyclic) bond motifs is 2. The average Bonchev–Trinajstić information content (AvgIpc) is 3.33. The predicted octanol–water partition coefficient (Wildman–Crippen LogP) is 5.12. The van der Waals surface area contributed by atoms with Gasteiger partial charge in [-0.05, 0) is 31.0 Å². The van der Waals surface area contributed by atoms with Crippen LogP contribution in [0.2, 0.25) is 5.02 Å². The van der Waals surface area contributed by atoms with Gasteiger partial charge in [0.15, 0.2) is 11.5 Å². The molecule has 1 saturated carbocycles. The lowest BCUT2D eigenvalue weighted by Crippen LogP contribution is -2.34. The minimum atomic E-state index is -0.508. The van der Waals surface area contributed by atoms with Crippen LogP contribution in [0, 0.1) is 0 Å². The van der Waals surface area contributed by atoms with Crippen molar-refractivity contribution in [3.05, 3.63) is 53.2 Å². The van der Waals surface area contributed by atoms with Crippen molar-refractivity contribution in [3.8, 4) is 11.5 Å². The number of amides is 1. The third-order valence-corrected chi connectivity index (χ3v) is 5.42. The van der Waals surface area contributed by atoms with Crippen molar-refractivity contribution < 1.29 is 14.3 Å². The van der Waals surface area contributed by atoms with E-state index in [9.17, 15) is 4.79 Å². The Morgan fingerprint density at radius 2 is 1.85 bits per heavy atom. The van der Waals surface area contributed by atoms with E-state index >= 15 is 0 Å². The van der Waals surface area contributed by atoms with Crippen LogP contribution in [0.4, 0.5) is 5.69 Å². The Balaban J connectivity index is 1.40. The number of carbonyl (C=O) groups is 1. The molecule has 1 amide bonds. The molecule has 2 N–H and O–H groups in total. The fourth-order valence-corrected chi connectivity index (χ4v) is 4.04. The molecule has 1 aliphatic carbocycles. The molecule has 0 radical (unpaired) electrons. The lowest BCUT2D eigenvalue weighted by molar-refractivity contribution is -0.0716. The minimum Gasteiger partial charge on any atom is -0.448 e. The van der Waals surface area contributed by atoms with E-state index in [4.69, 9.17) is 21.1 Å². The summed E-state index contributed by atoms with van der Waals surface area (Å²) < 4.78 is 12.0. The highest BCUT2D eigenvalue weighted by Gasteiger charge is 2.44. The Morgan fingerprint density at radius 1 is 1.08 bits per heavy atom. The van der Waals surface area contributed by atoms with Gasteiger partial charge in [-0.3, -0.25) is 4.79 Å². The number of ether oxygens (including phenoxy) is 2. The Labute approximate surface area is 155 Å². The van der Waals surface area contributed by atoms with Gasteiger partial charge in [0.05, 0.1) is 5.02 Å². The van der Waals surface area contributed by atoms with Crippen molar-refractivity contribution in [2.45, 2.75) is 31.5 Å². The lowest BCUT2D eigenvalue weighted by atomic mass is 10.2. The number of hydrogen-bond acceptors (Lipinski definition) is 3. The Hall–Kier alpha value is -2.66. The van der Waals surface area contributed by atoms with E-state index in [0.29, 0.717) is 22.2 Å². The topological polar surface area (TPSA) is 63.4 Å². The molecule has 1 aliphatic heterocycles. The van der Waals surface area contributed by atoms with Gasteiger partial charge in [0.1, 0.15) is 5.69 Å². The van der Waals surface area contributed by atoms with E-state index in [0.717, 1.165) is 42.3 Å². The number of anilines is 1. The van der Waals surface area contributed by atoms with Gasteiger partial charge < -0.3 is 19.8 Å². The number of para-hydroxylation sites is 1. The smallest absolute Gasteiger partial charge is 0.273 e. The number of aromatic nitrogens is 1. The van der Waals surface area contributed by atoms with Crippen molar-refractivity contribution in [1.29, 1.82) is 0 Å². The van der Waals surface area contributed by atoms with Crippen molar-refractivity contribution >= 4 is 34.1 Å². The van der Waals surface area contributed by atoms with Crippen LogP contribution in [0.3, 0.4) is 0 Å². The number of aromatic amines is 1. The first kappa shape index (κ1) is 15.6. The number of benzene rings is 2. The second-order valence-electron chi connectivity index (χ2n) is 6.80. The van der Waals surface area contributed by atoms with Gasteiger partial charge in [0.2, 0.25) is 0 Å². The maximum atomic E-state index is 12.7. The summed E-state index contributed by atoms with van der Waals surface area (Å²) >= 11 is 6.36. The molecule has 5 nitrogen and oxygen atoms in total. The van der Waals surface area contributed by atoms with Crippen molar-refractivity contribution in [1.82, 2.24) is 4.98 Å². The fraction of sp³-hybridized carbons (Fsp3) is 0.250. The summed E-state index contributed by atoms with van der Waals surface area (Å²) in [5, 5.41) is 4.13. The molecule has 3 aromatic rings. The second-order valence-corrected chi connectivity index (χ2v) is 7.18. The van der Waals surface area contributed by atoms with Crippen molar-refractivity contribution in [2.24, 2.45) is 0 Å². The van der Waals surface area contributed by atoms with E-state index in [2.05, 4.69) is 10.3 Å². The number of hydrogen-bond donors (Lipinski definition) is 2. The van der Waals surface area contributed by atoms with Crippen LogP contribution >= 0.6 is 11.6 Å². The maximum absolute atomic E-state index is 12.7. The highest BCUT2D eigenvalue weighted by Crippen LogP contribution is 2.47. The molecule has 0 unspecified atom stereocenters. The molecule has 26 heavy (non-hydrogen) atoms. The van der Waals surface area contributed by atoms with E-state index in [1.54, 1.807) is 6.07 Å². The van der Waals surface area contributed by atoms with E-state index in [1.807, 2.05) is 36.4 Å². The summed E-state index contributed by atoms with van der Waals surface area (Å²) in [7, 11) is 0. The zero-order valence-electron chi connectivity index (χ0n) is 14.0. The summed E-state index contributed by atoms with van der Waals surface area (Å²) in [4.78, 5) is 15.7. The predicted molar refractivity (Wildman–Crippen MR) is 100 cm³/mol. The van der Waals surface area contributed by atoms with Gasteiger partial charge in [-0.2, -0.15) is 0 Å². The van der Waals surface area contributed by atoms with Gasteiger partial charge in [-0.25, -0.2) is 0 Å². The molecular formula is C20H17ClN2O3. The minimum absolute atomic E-state index is 0.291. The summed E-state index contributed by atoms with van der Waals surface area (Å²) in [6.45, 7) is 0. The van der Waals surface area contributed by atoms with Gasteiger partial charge in [-0.15, -0.1) is 0 Å². The molecule has 0 saturated heterocycles. The Bertz CT molecular complexity index is 1020. The van der Waals surface area contributed by atoms with Crippen molar-refractivity contribution in [3.63, 3.8) is 0 Å². The van der Waals surface area contributed by atoms with E-state index in [-0.39, 0.29) is 5.91 Å². The summed E-state index contributed by atoms with van der Waals surface area (Å²) in [6.07, 6.45) is 4.01.